The van der Waals surface area contributed by atoms with Crippen LogP contribution in [0.1, 0.15) is 56.2 Å². The van der Waals surface area contributed by atoms with Crippen molar-refractivity contribution in [2.75, 3.05) is 39.9 Å². The molecule has 0 unspecified atom stereocenters. The Labute approximate surface area is 239 Å². The lowest BCUT2D eigenvalue weighted by atomic mass is 9.90. The molecule has 1 amide bonds. The molecule has 3 aromatic carbocycles. The van der Waals surface area contributed by atoms with Crippen molar-refractivity contribution in [3.63, 3.8) is 0 Å². The highest BCUT2D eigenvalue weighted by Crippen LogP contribution is 2.31. The third-order valence-electron chi connectivity index (χ3n) is 7.20. The normalized spacial score (nSPS) is 14.3. The largest absolute Gasteiger partial charge is 0.497 e. The number of hydrogen-bond donors (Lipinski definition) is 1. The minimum atomic E-state index is -0.433. The molecule has 1 aliphatic rings. The van der Waals surface area contributed by atoms with Crippen molar-refractivity contribution in [3.05, 3.63) is 95.1 Å². The van der Waals surface area contributed by atoms with Gasteiger partial charge >= 0.3 is 6.09 Å². The minimum Gasteiger partial charge on any atom is -0.497 e. The molecule has 212 valence electrons. The number of carbonyl (C=O) groups is 1. The first kappa shape index (κ1) is 29.2. The predicted octanol–water partition coefficient (Wildman–Crippen LogP) is 7.12. The summed E-state index contributed by atoms with van der Waals surface area (Å²) in [6, 6.07) is 24.3. The standard InChI is InChI=1S/C34H42N2O4/c1-4-20-35-34(37)40-32-18-12-29(13-19-32)33(26(2)25-27-8-14-30(38-3)15-9-27)28-10-16-31(17-11-28)39-24-23-36-21-6-5-7-22-36/h8-19H,4-7,20-25H2,1-3H3,(H,35,37)/b33-26-. The Balaban J connectivity index is 1.52. The second kappa shape index (κ2) is 15.1. The van der Waals surface area contributed by atoms with E-state index in [0.717, 1.165) is 47.6 Å². The van der Waals surface area contributed by atoms with Gasteiger partial charge in [-0.1, -0.05) is 55.3 Å². The first-order chi connectivity index (χ1) is 19.6. The molecule has 0 aliphatic carbocycles. The van der Waals surface area contributed by atoms with Gasteiger partial charge in [0.05, 0.1) is 7.11 Å². The Kier molecular flexibility index (Phi) is 11.1. The quantitative estimate of drug-likeness (QED) is 0.264. The zero-order valence-electron chi connectivity index (χ0n) is 24.1. The van der Waals surface area contributed by atoms with Gasteiger partial charge in [0, 0.05) is 13.1 Å². The fourth-order valence-electron chi connectivity index (χ4n) is 5.05. The molecule has 0 bridgehead atoms. The van der Waals surface area contributed by atoms with Crippen LogP contribution in [0, 0.1) is 0 Å². The number of nitrogens with one attached hydrogen (secondary N) is 1. The van der Waals surface area contributed by atoms with Crippen molar-refractivity contribution in [1.29, 1.82) is 0 Å². The van der Waals surface area contributed by atoms with Crippen molar-refractivity contribution in [1.82, 2.24) is 10.2 Å². The summed E-state index contributed by atoms with van der Waals surface area (Å²) in [5.74, 6) is 2.25. The zero-order chi connectivity index (χ0) is 28.2. The fraction of sp³-hybridized carbons (Fsp3) is 0.382. The molecule has 6 heteroatoms. The number of ether oxygens (including phenoxy) is 3. The summed E-state index contributed by atoms with van der Waals surface area (Å²) < 4.78 is 16.8. The van der Waals surface area contributed by atoms with Gasteiger partial charge in [0.25, 0.3) is 0 Å². The minimum absolute atomic E-state index is 0.433. The van der Waals surface area contributed by atoms with E-state index in [4.69, 9.17) is 14.2 Å². The van der Waals surface area contributed by atoms with Gasteiger partial charge in [-0.3, -0.25) is 4.90 Å². The molecule has 40 heavy (non-hydrogen) atoms. The van der Waals surface area contributed by atoms with Gasteiger partial charge in [-0.2, -0.15) is 0 Å². The Morgan fingerprint density at radius 2 is 1.43 bits per heavy atom. The molecule has 4 rings (SSSR count). The summed E-state index contributed by atoms with van der Waals surface area (Å²) in [5, 5.41) is 2.74. The topological polar surface area (TPSA) is 60.0 Å². The highest BCUT2D eigenvalue weighted by molar-refractivity contribution is 5.82. The van der Waals surface area contributed by atoms with Crippen LogP contribution in [0.2, 0.25) is 0 Å². The molecular weight excluding hydrogens is 500 g/mol. The number of hydrogen-bond acceptors (Lipinski definition) is 5. The van der Waals surface area contributed by atoms with Crippen molar-refractivity contribution in [2.24, 2.45) is 0 Å². The lowest BCUT2D eigenvalue weighted by Gasteiger charge is -2.26. The van der Waals surface area contributed by atoms with Crippen molar-refractivity contribution < 1.29 is 19.0 Å². The molecule has 0 atom stereocenters. The molecule has 0 saturated carbocycles. The highest BCUT2D eigenvalue weighted by Gasteiger charge is 2.13. The summed E-state index contributed by atoms with van der Waals surface area (Å²) in [5.41, 5.74) is 5.77. The van der Waals surface area contributed by atoms with Crippen LogP contribution in [0.3, 0.4) is 0 Å². The maximum absolute atomic E-state index is 12.0. The van der Waals surface area contributed by atoms with Gasteiger partial charge < -0.3 is 19.5 Å². The number of carbonyl (C=O) groups excluding carboxylic acids is 1. The van der Waals surface area contributed by atoms with E-state index in [0.29, 0.717) is 18.9 Å². The van der Waals surface area contributed by atoms with Gasteiger partial charge in [0.2, 0.25) is 0 Å². The van der Waals surface area contributed by atoms with Crippen LogP contribution in [0.4, 0.5) is 4.79 Å². The summed E-state index contributed by atoms with van der Waals surface area (Å²) in [4.78, 5) is 14.5. The third-order valence-corrected chi connectivity index (χ3v) is 7.20. The summed E-state index contributed by atoms with van der Waals surface area (Å²) in [6.45, 7) is 8.79. The monoisotopic (exact) mass is 542 g/mol. The SMILES string of the molecule is CCCNC(=O)Oc1ccc(/C(=C(/C)Cc2ccc(OC)cc2)c2ccc(OCCN3CCCCC3)cc2)cc1. The van der Waals surface area contributed by atoms with Crippen LogP contribution >= 0.6 is 0 Å². The molecule has 0 spiro atoms. The maximum Gasteiger partial charge on any atom is 0.412 e. The maximum atomic E-state index is 12.0. The van der Waals surface area contributed by atoms with E-state index < -0.39 is 6.09 Å². The van der Waals surface area contributed by atoms with Crippen molar-refractivity contribution in [2.45, 2.75) is 46.0 Å². The van der Waals surface area contributed by atoms with Crippen LogP contribution in [0.15, 0.2) is 78.4 Å². The lowest BCUT2D eigenvalue weighted by molar-refractivity contribution is 0.183. The number of benzene rings is 3. The number of nitrogens with zero attached hydrogens (tertiary/aromatic N) is 1. The van der Waals surface area contributed by atoms with Crippen LogP contribution in [-0.2, 0) is 6.42 Å². The molecule has 1 saturated heterocycles. The highest BCUT2D eigenvalue weighted by atomic mass is 16.6. The average molecular weight is 543 g/mol. The molecule has 3 aromatic rings. The molecule has 6 nitrogen and oxygen atoms in total. The Hall–Kier alpha value is -3.77. The first-order valence-electron chi connectivity index (χ1n) is 14.4. The second-order valence-corrected chi connectivity index (χ2v) is 10.3. The van der Waals surface area contributed by atoms with Crippen molar-refractivity contribution in [3.8, 4) is 17.2 Å². The van der Waals surface area contributed by atoms with E-state index >= 15 is 0 Å². The van der Waals surface area contributed by atoms with Gasteiger partial charge in [-0.05, 0) is 104 Å². The number of methoxy groups -OCH3 is 1. The van der Waals surface area contributed by atoms with E-state index in [9.17, 15) is 4.79 Å². The molecular formula is C34H42N2O4. The van der Waals surface area contributed by atoms with Crippen molar-refractivity contribution >= 4 is 11.7 Å². The van der Waals surface area contributed by atoms with Crippen LogP contribution in [0.5, 0.6) is 17.2 Å². The average Bonchev–Trinajstić information content (AvgIpc) is 2.99. The number of piperidine rings is 1. The van der Waals surface area contributed by atoms with Gasteiger partial charge in [0.1, 0.15) is 23.9 Å². The predicted molar refractivity (Wildman–Crippen MR) is 161 cm³/mol. The zero-order valence-corrected chi connectivity index (χ0v) is 24.1. The van der Waals surface area contributed by atoms with E-state index in [-0.39, 0.29) is 0 Å². The van der Waals surface area contributed by atoms with Crippen LogP contribution < -0.4 is 19.5 Å². The molecule has 1 fully saturated rings. The molecule has 1 N–H and O–H groups in total. The number of rotatable bonds is 12. The second-order valence-electron chi connectivity index (χ2n) is 10.3. The van der Waals surface area contributed by atoms with Crippen LogP contribution in [-0.4, -0.2) is 50.9 Å². The van der Waals surface area contributed by atoms with E-state index in [1.54, 1.807) is 7.11 Å². The van der Waals surface area contributed by atoms with Gasteiger partial charge in [0.15, 0.2) is 0 Å². The Bertz CT molecular complexity index is 1230. The lowest BCUT2D eigenvalue weighted by Crippen LogP contribution is -2.33. The Morgan fingerprint density at radius 1 is 0.825 bits per heavy atom. The molecule has 1 heterocycles. The summed E-state index contributed by atoms with van der Waals surface area (Å²) >= 11 is 0. The third kappa shape index (κ3) is 8.62. The van der Waals surface area contributed by atoms with E-state index in [1.807, 2.05) is 43.3 Å². The smallest absolute Gasteiger partial charge is 0.412 e. The molecule has 0 radical (unpaired) electrons. The fourth-order valence-corrected chi connectivity index (χ4v) is 5.05. The summed E-state index contributed by atoms with van der Waals surface area (Å²) in [7, 11) is 1.68. The van der Waals surface area contributed by atoms with E-state index in [2.05, 4.69) is 53.5 Å². The number of amides is 1. The van der Waals surface area contributed by atoms with E-state index in [1.165, 1.54) is 43.5 Å². The van der Waals surface area contributed by atoms with Gasteiger partial charge in [-0.15, -0.1) is 0 Å². The van der Waals surface area contributed by atoms with Crippen LogP contribution in [0.25, 0.3) is 5.57 Å². The molecule has 1 aliphatic heterocycles. The summed E-state index contributed by atoms with van der Waals surface area (Å²) in [6.07, 6.45) is 5.15. The van der Waals surface area contributed by atoms with Gasteiger partial charge in [-0.25, -0.2) is 4.79 Å². The molecule has 0 aromatic heterocycles. The number of likely N-dealkylation sites (tertiary alicyclic amines) is 1. The number of allylic oxidation sites excluding steroid dienone is 1. The first-order valence-corrected chi connectivity index (χ1v) is 14.4. The Morgan fingerprint density at radius 3 is 2.02 bits per heavy atom.